The van der Waals surface area contributed by atoms with Crippen molar-refractivity contribution in [2.45, 2.75) is 19.6 Å². The van der Waals surface area contributed by atoms with E-state index in [1.165, 1.54) is 28.4 Å². The highest BCUT2D eigenvalue weighted by Crippen LogP contribution is 2.31. The summed E-state index contributed by atoms with van der Waals surface area (Å²) in [6.45, 7) is 0.446. The van der Waals surface area contributed by atoms with E-state index >= 15 is 0 Å². The SMILES string of the molecule is O=C(CCN1C(=O)COc2ccccc21)OCc1csc(COc2ccc(F)cc2)n1. The van der Waals surface area contributed by atoms with Gasteiger partial charge in [-0.2, -0.15) is 0 Å². The van der Waals surface area contributed by atoms with Crippen LogP contribution in [0.5, 0.6) is 11.5 Å². The molecule has 4 rings (SSSR count). The summed E-state index contributed by atoms with van der Waals surface area (Å²) in [4.78, 5) is 30.2. The predicted octanol–water partition coefficient (Wildman–Crippen LogP) is 3.72. The van der Waals surface area contributed by atoms with Gasteiger partial charge in [-0.25, -0.2) is 9.37 Å². The minimum absolute atomic E-state index is 0.0412. The van der Waals surface area contributed by atoms with Crippen LogP contribution < -0.4 is 14.4 Å². The zero-order chi connectivity index (χ0) is 21.6. The van der Waals surface area contributed by atoms with Crippen LogP contribution in [-0.2, 0) is 27.5 Å². The van der Waals surface area contributed by atoms with Crippen LogP contribution in [0.4, 0.5) is 10.1 Å². The van der Waals surface area contributed by atoms with Gasteiger partial charge in [-0.05, 0) is 36.4 Å². The number of halogens is 1. The van der Waals surface area contributed by atoms with Crippen LogP contribution in [0.2, 0.25) is 0 Å². The zero-order valence-electron chi connectivity index (χ0n) is 16.5. The molecule has 0 spiro atoms. The van der Waals surface area contributed by atoms with Gasteiger partial charge in [-0.1, -0.05) is 12.1 Å². The van der Waals surface area contributed by atoms with Gasteiger partial charge in [-0.15, -0.1) is 11.3 Å². The van der Waals surface area contributed by atoms with Crippen molar-refractivity contribution in [1.82, 2.24) is 4.98 Å². The average Bonchev–Trinajstić information content (AvgIpc) is 3.24. The van der Waals surface area contributed by atoms with Crippen molar-refractivity contribution in [3.8, 4) is 11.5 Å². The number of hydrogen-bond donors (Lipinski definition) is 0. The molecule has 0 N–H and O–H groups in total. The number of aromatic nitrogens is 1. The van der Waals surface area contributed by atoms with Crippen molar-refractivity contribution in [2.24, 2.45) is 0 Å². The molecule has 0 fully saturated rings. The summed E-state index contributed by atoms with van der Waals surface area (Å²) in [6.07, 6.45) is 0.0603. The molecule has 1 amide bonds. The Balaban J connectivity index is 1.23. The summed E-state index contributed by atoms with van der Waals surface area (Å²) in [7, 11) is 0. The maximum atomic E-state index is 12.9. The van der Waals surface area contributed by atoms with Crippen LogP contribution in [0.25, 0.3) is 0 Å². The number of esters is 1. The van der Waals surface area contributed by atoms with Crippen LogP contribution in [0.1, 0.15) is 17.1 Å². The van der Waals surface area contributed by atoms with E-state index in [0.29, 0.717) is 27.9 Å². The lowest BCUT2D eigenvalue weighted by Gasteiger charge is -2.28. The molecule has 0 atom stereocenters. The van der Waals surface area contributed by atoms with Gasteiger partial charge in [0.2, 0.25) is 0 Å². The van der Waals surface area contributed by atoms with E-state index in [1.807, 2.05) is 12.1 Å². The molecule has 9 heteroatoms. The molecule has 1 aliphatic heterocycles. The summed E-state index contributed by atoms with van der Waals surface area (Å²) in [5.41, 5.74) is 1.26. The third-order valence-corrected chi connectivity index (χ3v) is 5.38. The first-order valence-corrected chi connectivity index (χ1v) is 10.5. The highest BCUT2D eigenvalue weighted by Gasteiger charge is 2.25. The number of rotatable bonds is 8. The summed E-state index contributed by atoms with van der Waals surface area (Å²) in [5, 5.41) is 2.50. The smallest absolute Gasteiger partial charge is 0.307 e. The summed E-state index contributed by atoms with van der Waals surface area (Å²) in [5.74, 6) is 0.218. The number of amides is 1. The van der Waals surface area contributed by atoms with Crippen molar-refractivity contribution in [2.75, 3.05) is 18.1 Å². The molecule has 1 aliphatic rings. The van der Waals surface area contributed by atoms with Gasteiger partial charge in [0.15, 0.2) is 6.61 Å². The van der Waals surface area contributed by atoms with Gasteiger partial charge in [0.1, 0.15) is 35.5 Å². The van der Waals surface area contributed by atoms with E-state index in [-0.39, 0.29) is 44.5 Å². The Bertz CT molecular complexity index is 1070. The van der Waals surface area contributed by atoms with E-state index in [2.05, 4.69) is 4.98 Å². The second-order valence-electron chi connectivity index (χ2n) is 6.69. The number of carbonyl (C=O) groups is 2. The average molecular weight is 442 g/mol. The lowest BCUT2D eigenvalue weighted by Crippen LogP contribution is -2.40. The molecule has 0 saturated heterocycles. The number of benzene rings is 2. The van der Waals surface area contributed by atoms with Gasteiger partial charge < -0.3 is 19.1 Å². The van der Waals surface area contributed by atoms with Crippen molar-refractivity contribution in [1.29, 1.82) is 0 Å². The topological polar surface area (TPSA) is 78.0 Å². The van der Waals surface area contributed by atoms with E-state index in [1.54, 1.807) is 29.6 Å². The van der Waals surface area contributed by atoms with Crippen LogP contribution in [-0.4, -0.2) is 30.0 Å². The monoisotopic (exact) mass is 442 g/mol. The first-order valence-electron chi connectivity index (χ1n) is 9.58. The van der Waals surface area contributed by atoms with Gasteiger partial charge in [0.25, 0.3) is 5.91 Å². The van der Waals surface area contributed by atoms with Crippen LogP contribution in [0.3, 0.4) is 0 Å². The molecule has 7 nitrogen and oxygen atoms in total. The fourth-order valence-electron chi connectivity index (χ4n) is 2.99. The number of carbonyl (C=O) groups excluding carboxylic acids is 2. The van der Waals surface area contributed by atoms with Crippen molar-refractivity contribution >= 4 is 28.9 Å². The van der Waals surface area contributed by atoms with Crippen molar-refractivity contribution < 1.29 is 28.2 Å². The Labute approximate surface area is 182 Å². The third-order valence-electron chi connectivity index (χ3n) is 4.50. The number of fused-ring (bicyclic) bond motifs is 1. The maximum Gasteiger partial charge on any atom is 0.307 e. The van der Waals surface area contributed by atoms with Crippen molar-refractivity contribution in [3.05, 3.63) is 70.4 Å². The van der Waals surface area contributed by atoms with E-state index in [9.17, 15) is 14.0 Å². The molecule has 0 radical (unpaired) electrons. The van der Waals surface area contributed by atoms with Crippen molar-refractivity contribution in [3.63, 3.8) is 0 Å². The predicted molar refractivity (Wildman–Crippen MR) is 112 cm³/mol. The van der Waals surface area contributed by atoms with Crippen LogP contribution in [0, 0.1) is 5.82 Å². The number of anilines is 1. The highest BCUT2D eigenvalue weighted by molar-refractivity contribution is 7.09. The largest absolute Gasteiger partial charge is 0.486 e. The zero-order valence-corrected chi connectivity index (χ0v) is 17.3. The van der Waals surface area contributed by atoms with Gasteiger partial charge >= 0.3 is 5.97 Å². The van der Waals surface area contributed by atoms with Gasteiger partial charge in [0.05, 0.1) is 17.8 Å². The molecule has 31 heavy (non-hydrogen) atoms. The third kappa shape index (κ3) is 5.37. The lowest BCUT2D eigenvalue weighted by molar-refractivity contribution is -0.144. The molecule has 0 saturated carbocycles. The molecule has 0 unspecified atom stereocenters. The Morgan fingerprint density at radius 2 is 1.97 bits per heavy atom. The Morgan fingerprint density at radius 3 is 2.81 bits per heavy atom. The molecular weight excluding hydrogens is 423 g/mol. The molecule has 0 bridgehead atoms. The number of hydrogen-bond acceptors (Lipinski definition) is 7. The van der Waals surface area contributed by atoms with Crippen LogP contribution in [0.15, 0.2) is 53.9 Å². The molecular formula is C22H19FN2O5S. The van der Waals surface area contributed by atoms with E-state index < -0.39 is 5.97 Å². The van der Waals surface area contributed by atoms with Gasteiger partial charge in [-0.3, -0.25) is 9.59 Å². The summed E-state index contributed by atoms with van der Waals surface area (Å²) in [6, 6.07) is 12.9. The standard InChI is InChI=1S/C22H19FN2O5S/c23-15-5-7-17(8-6-15)28-12-20-24-16(14-31-20)11-30-22(27)9-10-25-18-3-1-2-4-19(18)29-13-21(25)26/h1-8,14H,9-13H2. The fourth-order valence-corrected chi connectivity index (χ4v) is 3.68. The minimum atomic E-state index is -0.422. The normalized spacial score (nSPS) is 12.8. The molecule has 0 aliphatic carbocycles. The molecule has 2 aromatic carbocycles. The second-order valence-corrected chi connectivity index (χ2v) is 7.63. The molecule has 160 valence electrons. The van der Waals surface area contributed by atoms with E-state index in [0.717, 1.165) is 0 Å². The number of ether oxygens (including phenoxy) is 3. The quantitative estimate of drug-likeness (QED) is 0.495. The fraction of sp³-hybridized carbons (Fsp3) is 0.227. The van der Waals surface area contributed by atoms with Crippen LogP contribution >= 0.6 is 11.3 Å². The molecule has 3 aromatic rings. The first kappa shape index (κ1) is 20.8. The number of thiazole rings is 1. The lowest BCUT2D eigenvalue weighted by atomic mass is 10.2. The second kappa shape index (κ2) is 9.57. The van der Waals surface area contributed by atoms with E-state index in [4.69, 9.17) is 14.2 Å². The first-order chi connectivity index (χ1) is 15.1. The Hall–Kier alpha value is -3.46. The molecule has 1 aromatic heterocycles. The van der Waals surface area contributed by atoms with Gasteiger partial charge in [0, 0.05) is 11.9 Å². The molecule has 2 heterocycles. The Kier molecular flexibility index (Phi) is 6.42. The highest BCUT2D eigenvalue weighted by atomic mass is 32.1. The Morgan fingerprint density at radius 1 is 1.16 bits per heavy atom. The summed E-state index contributed by atoms with van der Waals surface area (Å²) < 4.78 is 29.2. The number of nitrogens with zero attached hydrogens (tertiary/aromatic N) is 2. The maximum absolute atomic E-state index is 12.9. The summed E-state index contributed by atoms with van der Waals surface area (Å²) >= 11 is 1.38. The minimum Gasteiger partial charge on any atom is -0.486 e. The number of para-hydroxylation sites is 2.